The van der Waals surface area contributed by atoms with Crippen LogP contribution in [-0.4, -0.2) is 31.8 Å². The highest BCUT2D eigenvalue weighted by Gasteiger charge is 2.47. The molecule has 0 unspecified atom stereocenters. The van der Waals surface area contributed by atoms with Gasteiger partial charge in [-0.3, -0.25) is 9.59 Å². The zero-order valence-corrected chi connectivity index (χ0v) is 19.6. The van der Waals surface area contributed by atoms with Gasteiger partial charge in [0, 0.05) is 18.6 Å². The molecule has 1 aliphatic heterocycles. The standard InChI is InChI=1S/C26H19F3N6O2/c1-25(2)21-16(5-3-6-19(21)35(23(25)37)24-31-10-4-11-32-24)15-7-8-18(26(27,28)29)17(13-15)22(36)34-20-9-12-30-14-33-20/h3-14H,1-2H3,(H,30,33,34,36). The van der Waals surface area contributed by atoms with Gasteiger partial charge in [-0.1, -0.05) is 18.2 Å². The predicted molar refractivity (Wildman–Crippen MR) is 129 cm³/mol. The lowest BCUT2D eigenvalue weighted by Crippen LogP contribution is -2.34. The highest BCUT2D eigenvalue weighted by molar-refractivity contribution is 6.13. The Balaban J connectivity index is 1.66. The molecule has 0 bridgehead atoms. The van der Waals surface area contributed by atoms with Crippen LogP contribution in [-0.2, 0) is 16.4 Å². The molecule has 0 saturated carbocycles. The van der Waals surface area contributed by atoms with Gasteiger partial charge in [0.15, 0.2) is 0 Å². The van der Waals surface area contributed by atoms with Crippen LogP contribution in [0.2, 0.25) is 0 Å². The second-order valence-electron chi connectivity index (χ2n) is 8.82. The number of rotatable bonds is 4. The topological polar surface area (TPSA) is 101 Å². The molecule has 11 heteroatoms. The summed E-state index contributed by atoms with van der Waals surface area (Å²) in [6.07, 6.45) is 0.793. The second kappa shape index (κ2) is 8.77. The number of carbonyl (C=O) groups is 2. The average molecular weight is 504 g/mol. The van der Waals surface area contributed by atoms with Crippen molar-refractivity contribution < 1.29 is 22.8 Å². The maximum atomic E-state index is 13.8. The lowest BCUT2D eigenvalue weighted by atomic mass is 9.81. The highest BCUT2D eigenvalue weighted by Crippen LogP contribution is 2.49. The lowest BCUT2D eigenvalue weighted by Gasteiger charge is -2.20. The zero-order chi connectivity index (χ0) is 26.4. The third kappa shape index (κ3) is 4.18. The number of anilines is 3. The Kier molecular flexibility index (Phi) is 5.70. The van der Waals surface area contributed by atoms with Crippen LogP contribution < -0.4 is 10.2 Å². The molecule has 37 heavy (non-hydrogen) atoms. The average Bonchev–Trinajstić information content (AvgIpc) is 3.09. The van der Waals surface area contributed by atoms with Crippen LogP contribution in [0.25, 0.3) is 11.1 Å². The highest BCUT2D eigenvalue weighted by atomic mass is 19.4. The van der Waals surface area contributed by atoms with Crippen LogP contribution in [0.1, 0.15) is 35.3 Å². The van der Waals surface area contributed by atoms with Crippen molar-refractivity contribution in [1.29, 1.82) is 0 Å². The third-order valence-corrected chi connectivity index (χ3v) is 6.10. The fraction of sp³-hybridized carbons (Fsp3) is 0.154. The molecule has 4 aromatic rings. The largest absolute Gasteiger partial charge is 0.417 e. The second-order valence-corrected chi connectivity index (χ2v) is 8.82. The van der Waals surface area contributed by atoms with Gasteiger partial charge in [-0.15, -0.1) is 0 Å². The van der Waals surface area contributed by atoms with Crippen LogP contribution in [0.15, 0.2) is 73.4 Å². The van der Waals surface area contributed by atoms with E-state index in [1.54, 1.807) is 38.1 Å². The molecule has 2 aromatic carbocycles. The molecule has 186 valence electrons. The van der Waals surface area contributed by atoms with E-state index in [4.69, 9.17) is 0 Å². The lowest BCUT2D eigenvalue weighted by molar-refractivity contribution is -0.137. The Labute approximate surface area is 209 Å². The molecule has 5 rings (SSSR count). The van der Waals surface area contributed by atoms with E-state index in [9.17, 15) is 22.8 Å². The van der Waals surface area contributed by atoms with E-state index >= 15 is 0 Å². The summed E-state index contributed by atoms with van der Waals surface area (Å²) in [5, 5.41) is 2.38. The summed E-state index contributed by atoms with van der Waals surface area (Å²) in [4.78, 5) is 43.8. The number of hydrogen-bond acceptors (Lipinski definition) is 6. The van der Waals surface area contributed by atoms with Gasteiger partial charge in [-0.05, 0) is 60.9 Å². The summed E-state index contributed by atoms with van der Waals surface area (Å²) in [6, 6.07) is 11.5. The van der Waals surface area contributed by atoms with Gasteiger partial charge in [0.25, 0.3) is 5.91 Å². The third-order valence-electron chi connectivity index (χ3n) is 6.10. The van der Waals surface area contributed by atoms with Gasteiger partial charge in [0.1, 0.15) is 12.1 Å². The summed E-state index contributed by atoms with van der Waals surface area (Å²) in [6.45, 7) is 3.46. The van der Waals surface area contributed by atoms with Crippen LogP contribution >= 0.6 is 0 Å². The first-order chi connectivity index (χ1) is 17.6. The first-order valence-corrected chi connectivity index (χ1v) is 11.1. The van der Waals surface area contributed by atoms with Crippen LogP contribution in [0, 0.1) is 0 Å². The molecule has 0 spiro atoms. The van der Waals surface area contributed by atoms with Gasteiger partial charge >= 0.3 is 6.18 Å². The Hall–Kier alpha value is -4.67. The summed E-state index contributed by atoms with van der Waals surface area (Å²) in [5.74, 6) is -1.01. The summed E-state index contributed by atoms with van der Waals surface area (Å²) < 4.78 is 41.5. The fourth-order valence-corrected chi connectivity index (χ4v) is 4.42. The van der Waals surface area contributed by atoms with Gasteiger partial charge in [-0.25, -0.2) is 24.8 Å². The molecule has 1 aliphatic rings. The van der Waals surface area contributed by atoms with Crippen molar-refractivity contribution in [2.45, 2.75) is 25.4 Å². The van der Waals surface area contributed by atoms with Crippen LogP contribution in [0.5, 0.6) is 0 Å². The SMILES string of the molecule is CC1(C)C(=O)N(c2ncccn2)c2cccc(-c3ccc(C(F)(F)F)c(C(=O)Nc4ccncn4)c3)c21. The minimum absolute atomic E-state index is 0.0596. The Bertz CT molecular complexity index is 1510. The molecule has 0 atom stereocenters. The molecule has 1 N–H and O–H groups in total. The van der Waals surface area contributed by atoms with Crippen molar-refractivity contribution in [3.05, 3.63) is 90.1 Å². The van der Waals surface area contributed by atoms with Crippen molar-refractivity contribution in [3.63, 3.8) is 0 Å². The number of benzene rings is 2. The van der Waals surface area contributed by atoms with E-state index in [1.807, 2.05) is 0 Å². The Morgan fingerprint density at radius 1 is 0.973 bits per heavy atom. The minimum Gasteiger partial charge on any atom is -0.306 e. The number of alkyl halides is 3. The number of aromatic nitrogens is 4. The fourth-order valence-electron chi connectivity index (χ4n) is 4.42. The summed E-state index contributed by atoms with van der Waals surface area (Å²) >= 11 is 0. The maximum absolute atomic E-state index is 13.8. The first kappa shape index (κ1) is 24.0. The van der Waals surface area contributed by atoms with E-state index in [1.165, 1.54) is 48.0 Å². The van der Waals surface area contributed by atoms with E-state index in [0.717, 1.165) is 6.07 Å². The first-order valence-electron chi connectivity index (χ1n) is 11.1. The van der Waals surface area contributed by atoms with Gasteiger partial charge in [-0.2, -0.15) is 13.2 Å². The van der Waals surface area contributed by atoms with Crippen LogP contribution in [0.3, 0.4) is 0 Å². The molecule has 0 fully saturated rings. The van der Waals surface area contributed by atoms with Gasteiger partial charge in [0.05, 0.1) is 22.2 Å². The van der Waals surface area contributed by atoms with Crippen molar-refractivity contribution in [2.24, 2.45) is 0 Å². The quantitative estimate of drug-likeness (QED) is 0.412. The van der Waals surface area contributed by atoms with Crippen molar-refractivity contribution in [3.8, 4) is 11.1 Å². The van der Waals surface area contributed by atoms with Gasteiger partial charge in [0.2, 0.25) is 11.9 Å². The minimum atomic E-state index is -4.77. The number of hydrogen-bond donors (Lipinski definition) is 1. The molecule has 3 heterocycles. The molecule has 2 aromatic heterocycles. The van der Waals surface area contributed by atoms with Crippen molar-refractivity contribution in [2.75, 3.05) is 10.2 Å². The molecular weight excluding hydrogens is 485 g/mol. The van der Waals surface area contributed by atoms with Gasteiger partial charge < -0.3 is 5.32 Å². The Morgan fingerprint density at radius 3 is 2.41 bits per heavy atom. The normalized spacial score (nSPS) is 14.4. The summed E-state index contributed by atoms with van der Waals surface area (Å²) in [7, 11) is 0. The summed E-state index contributed by atoms with van der Waals surface area (Å²) in [5.41, 5.74) is -0.748. The number of halogens is 3. The monoisotopic (exact) mass is 504 g/mol. The molecule has 2 amide bonds. The van der Waals surface area contributed by atoms with E-state index < -0.39 is 28.6 Å². The number of amides is 2. The Morgan fingerprint density at radius 2 is 1.73 bits per heavy atom. The number of carbonyl (C=O) groups excluding carboxylic acids is 2. The molecule has 0 saturated heterocycles. The van der Waals surface area contributed by atoms with E-state index in [-0.39, 0.29) is 17.7 Å². The molecule has 8 nitrogen and oxygen atoms in total. The molecule has 0 radical (unpaired) electrons. The number of fused-ring (bicyclic) bond motifs is 1. The number of nitrogens with zero attached hydrogens (tertiary/aromatic N) is 5. The van der Waals surface area contributed by atoms with E-state index in [0.29, 0.717) is 22.4 Å². The smallest absolute Gasteiger partial charge is 0.306 e. The van der Waals surface area contributed by atoms with E-state index in [2.05, 4.69) is 25.3 Å². The maximum Gasteiger partial charge on any atom is 0.417 e. The van der Waals surface area contributed by atoms with Crippen molar-refractivity contribution >= 4 is 29.3 Å². The van der Waals surface area contributed by atoms with Crippen LogP contribution in [0.4, 0.5) is 30.6 Å². The molecular formula is C26H19F3N6O2. The van der Waals surface area contributed by atoms with Crippen molar-refractivity contribution in [1.82, 2.24) is 19.9 Å². The zero-order valence-electron chi connectivity index (χ0n) is 19.6. The number of nitrogens with one attached hydrogen (secondary N) is 1. The molecule has 0 aliphatic carbocycles. The predicted octanol–water partition coefficient (Wildman–Crippen LogP) is 5.16.